The first-order valence-electron chi connectivity index (χ1n) is 11.7. The molecule has 5 rings (SSSR count). The number of hydrogen-bond donors (Lipinski definition) is 2. The summed E-state index contributed by atoms with van der Waals surface area (Å²) < 4.78 is 7.63. The van der Waals surface area contributed by atoms with Gasteiger partial charge in [0.15, 0.2) is 5.65 Å². The smallest absolute Gasteiger partial charge is 0.263 e. The summed E-state index contributed by atoms with van der Waals surface area (Å²) in [7, 11) is 0. The lowest BCUT2D eigenvalue weighted by atomic mass is 9.88. The predicted octanol–water partition coefficient (Wildman–Crippen LogP) is 2.51. The van der Waals surface area contributed by atoms with E-state index in [-0.39, 0.29) is 11.5 Å². The Hall–Kier alpha value is -3.27. The van der Waals surface area contributed by atoms with E-state index in [1.807, 2.05) is 31.4 Å². The fraction of sp³-hybridized carbons (Fsp3) is 0.522. The molecule has 10 nitrogen and oxygen atoms in total. The molecule has 2 fully saturated rings. The Kier molecular flexibility index (Phi) is 5.84. The molecule has 33 heavy (non-hydrogen) atoms. The average Bonchev–Trinajstić information content (AvgIpc) is 3.19. The highest BCUT2D eigenvalue weighted by Gasteiger charge is 2.35. The largest absolute Gasteiger partial charge is 0.477 e. The number of fused-ring (bicyclic) bond motifs is 2. The third-order valence-electron chi connectivity index (χ3n) is 6.38. The highest BCUT2D eigenvalue weighted by atomic mass is 16.5. The Morgan fingerprint density at radius 3 is 2.91 bits per heavy atom. The number of piperazine rings is 1. The summed E-state index contributed by atoms with van der Waals surface area (Å²) in [6.45, 7) is 7.82. The van der Waals surface area contributed by atoms with Crippen LogP contribution in [0.1, 0.15) is 54.4 Å². The average molecular weight is 451 g/mol. The maximum atomic E-state index is 13.1. The molecular formula is C23H30N8O2. The van der Waals surface area contributed by atoms with Crippen LogP contribution in [0, 0.1) is 13.8 Å². The number of anilines is 2. The summed E-state index contributed by atoms with van der Waals surface area (Å²) in [4.78, 5) is 33.6. The third-order valence-corrected chi connectivity index (χ3v) is 6.38. The zero-order chi connectivity index (χ0) is 22.9. The molecule has 1 aliphatic carbocycles. The van der Waals surface area contributed by atoms with E-state index in [0.717, 1.165) is 36.5 Å². The van der Waals surface area contributed by atoms with Gasteiger partial charge < -0.3 is 24.7 Å². The Labute approximate surface area is 192 Å². The first-order chi connectivity index (χ1) is 16.0. The molecule has 174 valence electrons. The zero-order valence-electron chi connectivity index (χ0n) is 19.3. The molecule has 2 atom stereocenters. The lowest BCUT2D eigenvalue weighted by Gasteiger charge is -2.44. The topological polar surface area (TPSA) is 110 Å². The van der Waals surface area contributed by atoms with Crippen LogP contribution in [-0.4, -0.2) is 62.0 Å². The van der Waals surface area contributed by atoms with E-state index in [2.05, 4.69) is 35.5 Å². The van der Waals surface area contributed by atoms with E-state index in [1.165, 1.54) is 19.3 Å². The molecule has 2 aliphatic rings. The number of aromatic nitrogens is 5. The highest BCUT2D eigenvalue weighted by molar-refractivity contribution is 6.05. The van der Waals surface area contributed by atoms with E-state index in [9.17, 15) is 4.79 Å². The number of carbonyl (C=O) groups is 1. The number of aryl methyl sites for hydroxylation is 2. The molecule has 1 aliphatic heterocycles. The SMILES string of the molecule is CCOc1nc(N2CCNC3CCCCC32)ncc1C(=O)Nc1cn2cc(C)nc2c(C)n1. The van der Waals surface area contributed by atoms with Crippen LogP contribution in [0.25, 0.3) is 5.65 Å². The molecule has 2 unspecified atom stereocenters. The molecule has 10 heteroatoms. The fourth-order valence-corrected chi connectivity index (χ4v) is 4.92. The van der Waals surface area contributed by atoms with Crippen LogP contribution in [0.4, 0.5) is 11.8 Å². The third kappa shape index (κ3) is 4.22. The van der Waals surface area contributed by atoms with E-state index in [4.69, 9.17) is 4.74 Å². The number of nitrogens with zero attached hydrogens (tertiary/aromatic N) is 6. The van der Waals surface area contributed by atoms with Gasteiger partial charge in [-0.15, -0.1) is 0 Å². The summed E-state index contributed by atoms with van der Waals surface area (Å²) in [6, 6.07) is 0.838. The lowest BCUT2D eigenvalue weighted by molar-refractivity contribution is 0.102. The number of hydrogen-bond acceptors (Lipinski definition) is 8. The van der Waals surface area contributed by atoms with Crippen molar-refractivity contribution in [2.45, 2.75) is 58.5 Å². The molecule has 0 bridgehead atoms. The van der Waals surface area contributed by atoms with Crippen molar-refractivity contribution in [2.24, 2.45) is 0 Å². The molecule has 3 aromatic rings. The monoisotopic (exact) mass is 450 g/mol. The first-order valence-corrected chi connectivity index (χ1v) is 11.7. The Bertz CT molecular complexity index is 1170. The molecule has 1 amide bonds. The summed E-state index contributed by atoms with van der Waals surface area (Å²) in [5, 5.41) is 6.49. The standard InChI is InChI=1S/C23H30N8O2/c1-4-33-22-16(21(32)28-19-13-30-12-14(2)26-20(30)15(3)27-19)11-25-23(29-22)31-10-9-24-17-7-5-6-8-18(17)31/h11-13,17-18,24H,4-10H2,1-3H3,(H,28,32). The quantitative estimate of drug-likeness (QED) is 0.610. The number of nitrogens with one attached hydrogen (secondary N) is 2. The van der Waals surface area contributed by atoms with Crippen LogP contribution >= 0.6 is 0 Å². The number of ether oxygens (including phenoxy) is 1. The van der Waals surface area contributed by atoms with Gasteiger partial charge >= 0.3 is 0 Å². The lowest BCUT2D eigenvalue weighted by Crippen LogP contribution is -2.59. The van der Waals surface area contributed by atoms with Crippen molar-refractivity contribution in [1.82, 2.24) is 29.7 Å². The van der Waals surface area contributed by atoms with E-state index >= 15 is 0 Å². The van der Waals surface area contributed by atoms with Crippen LogP contribution in [0.15, 0.2) is 18.6 Å². The number of amides is 1. The van der Waals surface area contributed by atoms with Crippen molar-refractivity contribution < 1.29 is 9.53 Å². The normalized spacial score (nSPS) is 20.5. The summed E-state index contributed by atoms with van der Waals surface area (Å²) in [5.74, 6) is 0.991. The molecule has 0 radical (unpaired) electrons. The molecule has 4 heterocycles. The second-order valence-corrected chi connectivity index (χ2v) is 8.71. The molecule has 0 aromatic carbocycles. The highest BCUT2D eigenvalue weighted by Crippen LogP contribution is 2.29. The van der Waals surface area contributed by atoms with Crippen LogP contribution in [0.5, 0.6) is 5.88 Å². The minimum Gasteiger partial charge on any atom is -0.477 e. The van der Waals surface area contributed by atoms with Crippen molar-refractivity contribution in [1.29, 1.82) is 0 Å². The predicted molar refractivity (Wildman–Crippen MR) is 125 cm³/mol. The van der Waals surface area contributed by atoms with Crippen molar-refractivity contribution in [3.8, 4) is 5.88 Å². The van der Waals surface area contributed by atoms with Crippen LogP contribution < -0.4 is 20.3 Å². The van der Waals surface area contributed by atoms with Gasteiger partial charge in [0.2, 0.25) is 11.8 Å². The number of carbonyl (C=O) groups excluding carboxylic acids is 1. The number of imidazole rings is 1. The van der Waals surface area contributed by atoms with Gasteiger partial charge in [0.05, 0.1) is 24.2 Å². The van der Waals surface area contributed by atoms with Gasteiger partial charge in [0.1, 0.15) is 11.4 Å². The second kappa shape index (κ2) is 8.93. The van der Waals surface area contributed by atoms with Crippen molar-refractivity contribution in [2.75, 3.05) is 29.9 Å². The number of rotatable bonds is 5. The van der Waals surface area contributed by atoms with E-state index in [1.54, 1.807) is 12.4 Å². The van der Waals surface area contributed by atoms with E-state index < -0.39 is 0 Å². The van der Waals surface area contributed by atoms with Crippen LogP contribution in [-0.2, 0) is 0 Å². The van der Waals surface area contributed by atoms with Crippen LogP contribution in [0.3, 0.4) is 0 Å². The zero-order valence-corrected chi connectivity index (χ0v) is 19.3. The molecular weight excluding hydrogens is 420 g/mol. The van der Waals surface area contributed by atoms with Gasteiger partial charge in [-0.1, -0.05) is 12.8 Å². The maximum absolute atomic E-state index is 13.1. The molecule has 2 N–H and O–H groups in total. The molecule has 0 spiro atoms. The molecule has 1 saturated heterocycles. The van der Waals surface area contributed by atoms with Gasteiger partial charge in [-0.2, -0.15) is 4.98 Å². The minimum atomic E-state index is -0.357. The van der Waals surface area contributed by atoms with Gasteiger partial charge in [-0.3, -0.25) is 4.79 Å². The Balaban J connectivity index is 1.41. The van der Waals surface area contributed by atoms with Gasteiger partial charge in [-0.25, -0.2) is 15.0 Å². The van der Waals surface area contributed by atoms with Crippen molar-refractivity contribution in [3.63, 3.8) is 0 Å². The van der Waals surface area contributed by atoms with Gasteiger partial charge in [0, 0.05) is 37.6 Å². The Morgan fingerprint density at radius 1 is 1.21 bits per heavy atom. The summed E-state index contributed by atoms with van der Waals surface area (Å²) in [5.41, 5.74) is 2.68. The van der Waals surface area contributed by atoms with Gasteiger partial charge in [0.25, 0.3) is 5.91 Å². The van der Waals surface area contributed by atoms with Crippen LogP contribution in [0.2, 0.25) is 0 Å². The summed E-state index contributed by atoms with van der Waals surface area (Å²) in [6.07, 6.45) is 9.97. The molecule has 3 aromatic heterocycles. The minimum absolute atomic E-state index is 0.289. The van der Waals surface area contributed by atoms with E-state index in [0.29, 0.717) is 36.3 Å². The fourth-order valence-electron chi connectivity index (χ4n) is 4.92. The summed E-state index contributed by atoms with van der Waals surface area (Å²) >= 11 is 0. The van der Waals surface area contributed by atoms with Crippen molar-refractivity contribution >= 4 is 23.3 Å². The maximum Gasteiger partial charge on any atom is 0.263 e. The van der Waals surface area contributed by atoms with Gasteiger partial charge in [-0.05, 0) is 33.6 Å². The van der Waals surface area contributed by atoms with Crippen molar-refractivity contribution in [3.05, 3.63) is 35.5 Å². The molecule has 1 saturated carbocycles. The second-order valence-electron chi connectivity index (χ2n) is 8.71. The Morgan fingerprint density at radius 2 is 2.06 bits per heavy atom. The first kappa shape index (κ1) is 21.6.